The summed E-state index contributed by atoms with van der Waals surface area (Å²) in [5, 5.41) is 6.63. The average Bonchev–Trinajstić information content (AvgIpc) is 2.58. The molecule has 0 spiro atoms. The zero-order chi connectivity index (χ0) is 18.4. The Labute approximate surface area is 154 Å². The van der Waals surface area contributed by atoms with E-state index in [4.69, 9.17) is 0 Å². The quantitative estimate of drug-likeness (QED) is 0.311. The lowest BCUT2D eigenvalue weighted by Gasteiger charge is -2.26. The van der Waals surface area contributed by atoms with Crippen LogP contribution in [0.3, 0.4) is 0 Å². The van der Waals surface area contributed by atoms with Crippen LogP contribution in [0.5, 0.6) is 0 Å². The van der Waals surface area contributed by atoms with Crippen molar-refractivity contribution in [3.05, 3.63) is 0 Å². The Morgan fingerprint density at radius 3 is 2.24 bits per heavy atom. The minimum Gasteiger partial charge on any atom is -0.357 e. The van der Waals surface area contributed by atoms with Crippen LogP contribution >= 0.6 is 0 Å². The van der Waals surface area contributed by atoms with Crippen molar-refractivity contribution in [2.45, 2.75) is 58.8 Å². The third-order valence-electron chi connectivity index (χ3n) is 4.53. The van der Waals surface area contributed by atoms with E-state index in [-0.39, 0.29) is 0 Å². The Morgan fingerprint density at radius 1 is 0.960 bits per heavy atom. The van der Waals surface area contributed by atoms with E-state index in [1.165, 1.54) is 38.5 Å². The molecule has 0 radical (unpaired) electrons. The molecule has 6 nitrogen and oxygen atoms in total. The highest BCUT2D eigenvalue weighted by atomic mass is 32.2. The van der Waals surface area contributed by atoms with Crippen LogP contribution in [0.4, 0.5) is 0 Å². The van der Waals surface area contributed by atoms with Crippen LogP contribution in [0.15, 0.2) is 4.99 Å². The first-order valence-electron chi connectivity index (χ1n) is 10.0. The molecule has 0 atom stereocenters. The highest BCUT2D eigenvalue weighted by Gasteiger charge is 2.20. The Balaban J connectivity index is 2.14. The predicted octanol–water partition coefficient (Wildman–Crippen LogP) is 2.02. The molecule has 0 bridgehead atoms. The molecule has 1 rings (SSSR count). The number of rotatable bonds is 12. The molecule has 0 aromatic heterocycles. The van der Waals surface area contributed by atoms with Gasteiger partial charge in [0.05, 0.1) is 11.5 Å². The van der Waals surface area contributed by atoms with Crippen LogP contribution in [0.2, 0.25) is 0 Å². The number of nitrogens with zero attached hydrogens (tertiary/aromatic N) is 2. The third kappa shape index (κ3) is 11.4. The minimum atomic E-state index is -2.79. The third-order valence-corrected chi connectivity index (χ3v) is 6.14. The van der Waals surface area contributed by atoms with Crippen LogP contribution in [-0.2, 0) is 9.84 Å². The maximum Gasteiger partial charge on any atom is 0.191 e. The highest BCUT2D eigenvalue weighted by molar-refractivity contribution is 7.91. The molecular formula is C18H38N4O2S. The fraction of sp³-hybridized carbons (Fsp3) is 0.944. The molecule has 0 aliphatic carbocycles. The molecule has 7 heteroatoms. The lowest BCUT2D eigenvalue weighted by atomic mass is 10.1. The summed E-state index contributed by atoms with van der Waals surface area (Å²) in [5.74, 6) is 1.46. The van der Waals surface area contributed by atoms with Gasteiger partial charge in [-0.2, -0.15) is 0 Å². The number of guanidine groups is 1. The molecule has 148 valence electrons. The van der Waals surface area contributed by atoms with Crippen LogP contribution < -0.4 is 10.6 Å². The van der Waals surface area contributed by atoms with E-state index in [0.717, 1.165) is 38.6 Å². The molecule has 1 saturated heterocycles. The van der Waals surface area contributed by atoms with Gasteiger partial charge in [-0.15, -0.1) is 0 Å². The molecule has 0 saturated carbocycles. The summed E-state index contributed by atoms with van der Waals surface area (Å²) in [5.41, 5.74) is 0. The molecule has 1 fully saturated rings. The zero-order valence-electron chi connectivity index (χ0n) is 16.2. The van der Waals surface area contributed by atoms with Crippen LogP contribution in [0.25, 0.3) is 0 Å². The minimum absolute atomic E-state index is 0.291. The van der Waals surface area contributed by atoms with Gasteiger partial charge in [-0.25, -0.2) is 8.42 Å². The summed E-state index contributed by atoms with van der Waals surface area (Å²) < 4.78 is 22.9. The van der Waals surface area contributed by atoms with Crippen molar-refractivity contribution < 1.29 is 8.42 Å². The first-order chi connectivity index (χ1) is 12.1. The first kappa shape index (κ1) is 22.2. The van der Waals surface area contributed by atoms with Gasteiger partial charge < -0.3 is 10.6 Å². The van der Waals surface area contributed by atoms with Crippen molar-refractivity contribution in [2.75, 3.05) is 50.8 Å². The van der Waals surface area contributed by atoms with Gasteiger partial charge in [0.1, 0.15) is 0 Å². The number of sulfone groups is 1. The second-order valence-electron chi connectivity index (χ2n) is 6.80. The fourth-order valence-corrected chi connectivity index (χ4v) is 4.18. The Bertz CT molecular complexity index is 452. The van der Waals surface area contributed by atoms with E-state index in [2.05, 4.69) is 34.4 Å². The van der Waals surface area contributed by atoms with Gasteiger partial charge in [0.25, 0.3) is 0 Å². The van der Waals surface area contributed by atoms with Gasteiger partial charge in [0.2, 0.25) is 0 Å². The highest BCUT2D eigenvalue weighted by Crippen LogP contribution is 2.06. The summed E-state index contributed by atoms with van der Waals surface area (Å²) >= 11 is 0. The maximum absolute atomic E-state index is 11.4. The largest absolute Gasteiger partial charge is 0.357 e. The van der Waals surface area contributed by atoms with Crippen molar-refractivity contribution in [2.24, 2.45) is 4.99 Å². The van der Waals surface area contributed by atoms with Crippen LogP contribution in [0.1, 0.15) is 58.8 Å². The van der Waals surface area contributed by atoms with Gasteiger partial charge in [-0.3, -0.25) is 9.89 Å². The van der Waals surface area contributed by atoms with E-state index in [0.29, 0.717) is 24.6 Å². The van der Waals surface area contributed by atoms with E-state index < -0.39 is 9.84 Å². The number of hydrogen-bond acceptors (Lipinski definition) is 4. The molecule has 2 N–H and O–H groups in total. The summed E-state index contributed by atoms with van der Waals surface area (Å²) in [6.07, 6.45) is 9.09. The normalized spacial score (nSPS) is 18.2. The van der Waals surface area contributed by atoms with Crippen molar-refractivity contribution in [3.8, 4) is 0 Å². The lowest BCUT2D eigenvalue weighted by molar-refractivity contribution is 0.299. The Hall–Kier alpha value is -0.820. The fourth-order valence-electron chi connectivity index (χ4n) is 2.91. The zero-order valence-corrected chi connectivity index (χ0v) is 17.0. The van der Waals surface area contributed by atoms with Crippen molar-refractivity contribution >= 4 is 15.8 Å². The molecule has 0 amide bonds. The number of hydrogen-bond donors (Lipinski definition) is 2. The SMILES string of the molecule is CCCCCCCCCN=C(NCC)NCCN1CCS(=O)(=O)CC1. The van der Waals surface area contributed by atoms with Gasteiger partial charge in [0, 0.05) is 39.3 Å². The van der Waals surface area contributed by atoms with Crippen molar-refractivity contribution in [3.63, 3.8) is 0 Å². The molecule has 25 heavy (non-hydrogen) atoms. The summed E-state index contributed by atoms with van der Waals surface area (Å²) in [6.45, 7) is 8.99. The molecule has 0 aromatic rings. The number of aliphatic imine (C=N–C) groups is 1. The van der Waals surface area contributed by atoms with Gasteiger partial charge >= 0.3 is 0 Å². The standard InChI is InChI=1S/C18H38N4O2S/c1-3-5-6-7-8-9-10-11-20-18(19-4-2)21-12-13-22-14-16-25(23,24)17-15-22/h3-17H2,1-2H3,(H2,19,20,21). The van der Waals surface area contributed by atoms with E-state index >= 15 is 0 Å². The van der Waals surface area contributed by atoms with E-state index in [9.17, 15) is 8.42 Å². The lowest BCUT2D eigenvalue weighted by Crippen LogP contribution is -2.46. The van der Waals surface area contributed by atoms with E-state index in [1.54, 1.807) is 0 Å². The maximum atomic E-state index is 11.4. The molecule has 0 unspecified atom stereocenters. The van der Waals surface area contributed by atoms with Gasteiger partial charge in [-0.1, -0.05) is 45.4 Å². The topological polar surface area (TPSA) is 73.8 Å². The predicted molar refractivity (Wildman–Crippen MR) is 107 cm³/mol. The second kappa shape index (κ2) is 13.4. The summed E-state index contributed by atoms with van der Waals surface area (Å²) in [6, 6.07) is 0. The number of unbranched alkanes of at least 4 members (excludes halogenated alkanes) is 6. The first-order valence-corrected chi connectivity index (χ1v) is 11.8. The average molecular weight is 375 g/mol. The summed E-state index contributed by atoms with van der Waals surface area (Å²) in [4.78, 5) is 6.84. The van der Waals surface area contributed by atoms with Crippen LogP contribution in [-0.4, -0.2) is 70.1 Å². The molecule has 1 aliphatic heterocycles. The van der Waals surface area contributed by atoms with Gasteiger partial charge in [-0.05, 0) is 13.3 Å². The number of nitrogens with one attached hydrogen (secondary N) is 2. The Morgan fingerprint density at radius 2 is 1.60 bits per heavy atom. The van der Waals surface area contributed by atoms with Crippen LogP contribution in [0, 0.1) is 0 Å². The van der Waals surface area contributed by atoms with Gasteiger partial charge in [0.15, 0.2) is 15.8 Å². The monoisotopic (exact) mass is 374 g/mol. The molecule has 0 aromatic carbocycles. The van der Waals surface area contributed by atoms with E-state index in [1.807, 2.05) is 0 Å². The second-order valence-corrected chi connectivity index (χ2v) is 9.11. The Kier molecular flexibility index (Phi) is 11.9. The summed E-state index contributed by atoms with van der Waals surface area (Å²) in [7, 11) is -2.79. The molecule has 1 aliphatic rings. The van der Waals surface area contributed by atoms with Crippen molar-refractivity contribution in [1.29, 1.82) is 0 Å². The smallest absolute Gasteiger partial charge is 0.191 e. The molecular weight excluding hydrogens is 336 g/mol. The van der Waals surface area contributed by atoms with Crippen molar-refractivity contribution in [1.82, 2.24) is 15.5 Å². The molecule has 1 heterocycles.